The molecule has 2 aromatic heterocycles. The maximum Gasteiger partial charge on any atom is 0.0682 e. The number of aromatic amines is 1. The lowest BCUT2D eigenvalue weighted by atomic mass is 10.0. The van der Waals surface area contributed by atoms with E-state index in [-0.39, 0.29) is 6.61 Å². The minimum atomic E-state index is 0.0936. The molecule has 0 atom stereocenters. The summed E-state index contributed by atoms with van der Waals surface area (Å²) in [4.78, 5) is 7.51. The Hall–Kier alpha value is -1.79. The molecule has 28 heavy (non-hydrogen) atoms. The number of aliphatic hydroxyl groups is 1. The molecule has 0 amide bonds. The van der Waals surface area contributed by atoms with Crippen molar-refractivity contribution in [2.75, 3.05) is 18.8 Å². The number of fused-ring (bicyclic) bond motifs is 4. The average molecular weight is 409 g/mol. The summed E-state index contributed by atoms with van der Waals surface area (Å²) in [6.07, 6.45) is 3.29. The van der Waals surface area contributed by atoms with Gasteiger partial charge in [0.2, 0.25) is 0 Å². The minimum Gasteiger partial charge on any atom is -0.392 e. The predicted molar refractivity (Wildman–Crippen MR) is 121 cm³/mol. The van der Waals surface area contributed by atoms with Crippen LogP contribution in [0.4, 0.5) is 0 Å². The number of aromatic nitrogens is 1. The molecule has 1 aliphatic heterocycles. The molecule has 144 valence electrons. The van der Waals surface area contributed by atoms with E-state index in [0.717, 1.165) is 35.7 Å². The Labute approximate surface area is 173 Å². The van der Waals surface area contributed by atoms with Crippen molar-refractivity contribution in [1.29, 1.82) is 0 Å². The number of nitrogens with one attached hydrogen (secondary N) is 1. The Bertz CT molecular complexity index is 1110. The van der Waals surface area contributed by atoms with Gasteiger partial charge in [-0.25, -0.2) is 0 Å². The number of H-pyrrole nitrogens is 1. The van der Waals surface area contributed by atoms with Crippen molar-refractivity contribution in [2.24, 2.45) is 0 Å². The summed E-state index contributed by atoms with van der Waals surface area (Å²) in [6.45, 7) is 3.52. The zero-order valence-corrected chi connectivity index (χ0v) is 17.4. The molecule has 0 aliphatic carbocycles. The van der Waals surface area contributed by atoms with Crippen molar-refractivity contribution >= 4 is 44.1 Å². The molecule has 2 N–H and O–H groups in total. The second-order valence-corrected chi connectivity index (χ2v) is 9.67. The van der Waals surface area contributed by atoms with E-state index in [1.54, 1.807) is 10.4 Å². The van der Waals surface area contributed by atoms with E-state index >= 15 is 0 Å². The highest BCUT2D eigenvalue weighted by Gasteiger charge is 2.20. The van der Waals surface area contributed by atoms with Crippen LogP contribution >= 0.6 is 23.1 Å². The lowest BCUT2D eigenvalue weighted by Gasteiger charge is -2.26. The Balaban J connectivity index is 1.17. The zero-order chi connectivity index (χ0) is 18.9. The first kappa shape index (κ1) is 18.3. The van der Waals surface area contributed by atoms with Crippen molar-refractivity contribution < 1.29 is 5.11 Å². The van der Waals surface area contributed by atoms with Crippen LogP contribution in [-0.2, 0) is 25.3 Å². The number of hydrogen-bond donors (Lipinski definition) is 2. The maximum atomic E-state index is 9.28. The van der Waals surface area contributed by atoms with Gasteiger partial charge in [0.05, 0.1) is 6.61 Å². The Morgan fingerprint density at radius 2 is 2.07 bits per heavy atom. The van der Waals surface area contributed by atoms with E-state index in [1.165, 1.54) is 34.0 Å². The highest BCUT2D eigenvalue weighted by molar-refractivity contribution is 7.98. The van der Waals surface area contributed by atoms with E-state index in [0.29, 0.717) is 0 Å². The van der Waals surface area contributed by atoms with Crippen molar-refractivity contribution in [3.05, 3.63) is 70.2 Å². The number of rotatable bonds is 6. The monoisotopic (exact) mass is 408 g/mol. The van der Waals surface area contributed by atoms with Gasteiger partial charge in [0, 0.05) is 57.8 Å². The molecular formula is C23H24N2OS2. The number of nitrogens with zero attached hydrogens (tertiary/aromatic N) is 1. The molecule has 2 aromatic carbocycles. The van der Waals surface area contributed by atoms with Crippen LogP contribution < -0.4 is 0 Å². The van der Waals surface area contributed by atoms with Gasteiger partial charge in [-0.1, -0.05) is 30.3 Å². The third kappa shape index (κ3) is 3.48. The molecule has 5 rings (SSSR count). The molecule has 0 bridgehead atoms. The molecule has 5 heteroatoms. The third-order valence-corrected chi connectivity index (χ3v) is 7.84. The van der Waals surface area contributed by atoms with Gasteiger partial charge in [0.15, 0.2) is 0 Å². The van der Waals surface area contributed by atoms with Gasteiger partial charge in [-0.2, -0.15) is 11.8 Å². The highest BCUT2D eigenvalue weighted by Crippen LogP contribution is 2.35. The van der Waals surface area contributed by atoms with Crippen molar-refractivity contribution in [3.8, 4) is 0 Å². The molecule has 0 saturated heterocycles. The van der Waals surface area contributed by atoms with Gasteiger partial charge in [0.1, 0.15) is 0 Å². The van der Waals surface area contributed by atoms with Crippen LogP contribution in [0.5, 0.6) is 0 Å². The van der Waals surface area contributed by atoms with Crippen LogP contribution in [-0.4, -0.2) is 33.8 Å². The van der Waals surface area contributed by atoms with Crippen LogP contribution in [0.1, 0.15) is 21.6 Å². The number of aliphatic hydroxyl groups excluding tert-OH is 1. The predicted octanol–water partition coefficient (Wildman–Crippen LogP) is 5.17. The zero-order valence-electron chi connectivity index (χ0n) is 15.8. The summed E-state index contributed by atoms with van der Waals surface area (Å²) in [5.41, 5.74) is 5.02. The quantitative estimate of drug-likeness (QED) is 0.433. The fourth-order valence-electron chi connectivity index (χ4n) is 4.12. The molecule has 0 saturated carbocycles. The molecular weight excluding hydrogens is 384 g/mol. The molecule has 0 fully saturated rings. The fraction of sp³-hybridized carbons (Fsp3) is 0.304. The lowest BCUT2D eigenvalue weighted by molar-refractivity contribution is 0.274. The summed E-state index contributed by atoms with van der Waals surface area (Å²) in [6, 6.07) is 15.0. The first-order chi connectivity index (χ1) is 13.8. The number of benzene rings is 2. The fourth-order valence-corrected chi connectivity index (χ4v) is 6.41. The van der Waals surface area contributed by atoms with Gasteiger partial charge >= 0.3 is 0 Å². The Morgan fingerprint density at radius 1 is 1.14 bits per heavy atom. The Morgan fingerprint density at radius 3 is 3.00 bits per heavy atom. The number of thioether (sulfide) groups is 1. The van der Waals surface area contributed by atoms with Gasteiger partial charge < -0.3 is 10.1 Å². The second kappa shape index (κ2) is 7.91. The molecule has 3 heterocycles. The van der Waals surface area contributed by atoms with Crippen LogP contribution in [0.15, 0.2) is 48.7 Å². The summed E-state index contributed by atoms with van der Waals surface area (Å²) in [7, 11) is 0. The number of hydrogen-bond acceptors (Lipinski definition) is 4. The topological polar surface area (TPSA) is 39.3 Å². The maximum absolute atomic E-state index is 9.28. The molecule has 1 aliphatic rings. The van der Waals surface area contributed by atoms with Crippen molar-refractivity contribution in [2.45, 2.75) is 25.3 Å². The van der Waals surface area contributed by atoms with E-state index in [2.05, 4.69) is 46.4 Å². The summed E-state index contributed by atoms with van der Waals surface area (Å²) in [5, 5.41) is 12.0. The summed E-state index contributed by atoms with van der Waals surface area (Å²) >= 11 is 3.98. The minimum absolute atomic E-state index is 0.0936. The van der Waals surface area contributed by atoms with Gasteiger partial charge in [-0.15, -0.1) is 11.3 Å². The normalized spacial score (nSPS) is 14.8. The SMILES string of the molecule is OCc1ccc2c(CSCCN3CCc4c(sc5ccccc45)C3)c[nH]c2c1. The third-order valence-electron chi connectivity index (χ3n) is 5.65. The smallest absolute Gasteiger partial charge is 0.0682 e. The lowest BCUT2D eigenvalue weighted by Crippen LogP contribution is -2.31. The largest absolute Gasteiger partial charge is 0.392 e. The van der Waals surface area contributed by atoms with Gasteiger partial charge in [-0.05, 0) is 40.6 Å². The summed E-state index contributed by atoms with van der Waals surface area (Å²) < 4.78 is 1.44. The highest BCUT2D eigenvalue weighted by atomic mass is 32.2. The standard InChI is InChI=1S/C23H24N2OS2/c26-14-16-5-6-18-17(12-24-21(18)11-16)15-27-10-9-25-8-7-20-19-3-1-2-4-22(19)28-23(20)13-25/h1-6,11-12,24,26H,7-10,13-15H2. The molecule has 4 aromatic rings. The number of thiophene rings is 1. The van der Waals surface area contributed by atoms with Crippen LogP contribution in [0, 0.1) is 0 Å². The van der Waals surface area contributed by atoms with E-state index in [9.17, 15) is 5.11 Å². The van der Waals surface area contributed by atoms with Crippen molar-refractivity contribution in [1.82, 2.24) is 9.88 Å². The first-order valence-electron chi connectivity index (χ1n) is 9.81. The van der Waals surface area contributed by atoms with Gasteiger partial charge in [-0.3, -0.25) is 4.90 Å². The van der Waals surface area contributed by atoms with Crippen molar-refractivity contribution in [3.63, 3.8) is 0 Å². The molecule has 0 unspecified atom stereocenters. The first-order valence-corrected chi connectivity index (χ1v) is 11.8. The Kier molecular flexibility index (Phi) is 5.16. The summed E-state index contributed by atoms with van der Waals surface area (Å²) in [5.74, 6) is 2.18. The molecule has 0 spiro atoms. The van der Waals surface area contributed by atoms with Crippen LogP contribution in [0.2, 0.25) is 0 Å². The second-order valence-electron chi connectivity index (χ2n) is 7.43. The van der Waals surface area contributed by atoms with E-state index in [1.807, 2.05) is 35.2 Å². The molecule has 3 nitrogen and oxygen atoms in total. The van der Waals surface area contributed by atoms with E-state index in [4.69, 9.17) is 0 Å². The molecule has 0 radical (unpaired) electrons. The van der Waals surface area contributed by atoms with Gasteiger partial charge in [0.25, 0.3) is 0 Å². The van der Waals surface area contributed by atoms with E-state index < -0.39 is 0 Å². The average Bonchev–Trinajstić information content (AvgIpc) is 3.31. The van der Waals surface area contributed by atoms with Crippen LogP contribution in [0.3, 0.4) is 0 Å². The van der Waals surface area contributed by atoms with Crippen LogP contribution in [0.25, 0.3) is 21.0 Å².